The molecule has 0 fully saturated rings. The van der Waals surface area contributed by atoms with Crippen molar-refractivity contribution in [1.29, 1.82) is 0 Å². The Morgan fingerprint density at radius 1 is 1.62 bits per heavy atom. The van der Waals surface area contributed by atoms with E-state index >= 15 is 0 Å². The SMILES string of the molecule is Cc1nn(C)cc1CNC(=O)C(Br)C(C)C. The van der Waals surface area contributed by atoms with E-state index in [-0.39, 0.29) is 16.7 Å². The number of carbonyl (C=O) groups is 1. The topological polar surface area (TPSA) is 46.9 Å². The van der Waals surface area contributed by atoms with Crippen molar-refractivity contribution >= 4 is 21.8 Å². The first-order valence-electron chi connectivity index (χ1n) is 5.32. The van der Waals surface area contributed by atoms with Crippen molar-refractivity contribution in [2.45, 2.75) is 32.1 Å². The van der Waals surface area contributed by atoms with Gasteiger partial charge in [-0.15, -0.1) is 0 Å². The molecule has 4 nitrogen and oxygen atoms in total. The van der Waals surface area contributed by atoms with Crippen LogP contribution in [0.4, 0.5) is 0 Å². The van der Waals surface area contributed by atoms with Gasteiger partial charge in [-0.2, -0.15) is 5.10 Å². The molecular formula is C11H18BrN3O. The lowest BCUT2D eigenvalue weighted by atomic mass is 10.1. The largest absolute Gasteiger partial charge is 0.351 e. The maximum absolute atomic E-state index is 11.7. The van der Waals surface area contributed by atoms with Crippen molar-refractivity contribution in [2.24, 2.45) is 13.0 Å². The molecule has 1 heterocycles. The van der Waals surface area contributed by atoms with Crippen LogP contribution in [0.2, 0.25) is 0 Å². The number of carbonyl (C=O) groups excluding carboxylic acids is 1. The lowest BCUT2D eigenvalue weighted by molar-refractivity contribution is -0.121. The van der Waals surface area contributed by atoms with Gasteiger partial charge in [0, 0.05) is 25.4 Å². The average Bonchev–Trinajstić information content (AvgIpc) is 2.52. The van der Waals surface area contributed by atoms with Gasteiger partial charge in [-0.1, -0.05) is 29.8 Å². The molecule has 0 saturated carbocycles. The minimum Gasteiger partial charge on any atom is -0.351 e. The summed E-state index contributed by atoms with van der Waals surface area (Å²) in [6.07, 6.45) is 1.92. The van der Waals surface area contributed by atoms with Crippen LogP contribution in [-0.2, 0) is 18.4 Å². The molecule has 1 aromatic heterocycles. The fourth-order valence-electron chi connectivity index (χ4n) is 1.40. The number of halogens is 1. The van der Waals surface area contributed by atoms with Crippen LogP contribution in [0.3, 0.4) is 0 Å². The van der Waals surface area contributed by atoms with Crippen molar-refractivity contribution < 1.29 is 4.79 Å². The van der Waals surface area contributed by atoms with Gasteiger partial charge in [-0.25, -0.2) is 0 Å². The van der Waals surface area contributed by atoms with E-state index in [1.807, 2.05) is 34.0 Å². The van der Waals surface area contributed by atoms with E-state index in [1.165, 1.54) is 0 Å². The molecule has 16 heavy (non-hydrogen) atoms. The highest BCUT2D eigenvalue weighted by atomic mass is 79.9. The van der Waals surface area contributed by atoms with Crippen molar-refractivity contribution in [3.05, 3.63) is 17.5 Å². The fourth-order valence-corrected chi connectivity index (χ4v) is 1.57. The van der Waals surface area contributed by atoms with Gasteiger partial charge in [0.2, 0.25) is 5.91 Å². The molecule has 1 N–H and O–H groups in total. The zero-order chi connectivity index (χ0) is 12.3. The fraction of sp³-hybridized carbons (Fsp3) is 0.636. The molecular weight excluding hydrogens is 270 g/mol. The number of aromatic nitrogens is 2. The molecule has 5 heteroatoms. The van der Waals surface area contributed by atoms with Crippen LogP contribution >= 0.6 is 15.9 Å². The highest BCUT2D eigenvalue weighted by Gasteiger charge is 2.18. The molecule has 1 aromatic rings. The first-order valence-corrected chi connectivity index (χ1v) is 6.24. The van der Waals surface area contributed by atoms with Gasteiger partial charge in [0.1, 0.15) is 0 Å². The second-order valence-electron chi connectivity index (χ2n) is 4.28. The molecule has 0 aliphatic carbocycles. The van der Waals surface area contributed by atoms with E-state index in [1.54, 1.807) is 4.68 Å². The molecule has 1 amide bonds. The number of aryl methyl sites for hydroxylation is 2. The molecule has 0 aliphatic heterocycles. The Labute approximate surface area is 105 Å². The van der Waals surface area contributed by atoms with E-state index in [2.05, 4.69) is 26.3 Å². The van der Waals surface area contributed by atoms with Gasteiger partial charge in [-0.05, 0) is 12.8 Å². The highest BCUT2D eigenvalue weighted by molar-refractivity contribution is 9.10. The lowest BCUT2D eigenvalue weighted by Gasteiger charge is -2.13. The third-order valence-corrected chi connectivity index (χ3v) is 3.88. The molecule has 0 spiro atoms. The molecule has 90 valence electrons. The molecule has 1 atom stereocenters. The van der Waals surface area contributed by atoms with Gasteiger partial charge in [-0.3, -0.25) is 9.48 Å². The maximum atomic E-state index is 11.7. The Hall–Kier alpha value is -0.840. The number of hydrogen-bond donors (Lipinski definition) is 1. The summed E-state index contributed by atoms with van der Waals surface area (Å²) in [5, 5.41) is 7.12. The summed E-state index contributed by atoms with van der Waals surface area (Å²) in [6.45, 7) is 6.49. The van der Waals surface area contributed by atoms with Gasteiger partial charge >= 0.3 is 0 Å². The monoisotopic (exact) mass is 287 g/mol. The Balaban J connectivity index is 2.52. The Morgan fingerprint density at radius 3 is 2.69 bits per heavy atom. The molecule has 1 rings (SSSR count). The zero-order valence-corrected chi connectivity index (χ0v) is 11.7. The predicted molar refractivity (Wildman–Crippen MR) is 67.3 cm³/mol. The quantitative estimate of drug-likeness (QED) is 0.858. The Kier molecular flexibility index (Phi) is 4.53. The van der Waals surface area contributed by atoms with Crippen LogP contribution in [0, 0.1) is 12.8 Å². The summed E-state index contributed by atoms with van der Waals surface area (Å²) in [6, 6.07) is 0. The van der Waals surface area contributed by atoms with Crippen LogP contribution in [0.5, 0.6) is 0 Å². The molecule has 0 saturated heterocycles. The molecule has 0 aromatic carbocycles. The smallest absolute Gasteiger partial charge is 0.234 e. The summed E-state index contributed by atoms with van der Waals surface area (Å²) < 4.78 is 1.75. The zero-order valence-electron chi connectivity index (χ0n) is 10.1. The summed E-state index contributed by atoms with van der Waals surface area (Å²) in [5.41, 5.74) is 2.01. The number of hydrogen-bond acceptors (Lipinski definition) is 2. The van der Waals surface area contributed by atoms with Crippen molar-refractivity contribution in [3.8, 4) is 0 Å². The minimum absolute atomic E-state index is 0.0262. The van der Waals surface area contributed by atoms with Crippen LogP contribution in [-0.4, -0.2) is 20.5 Å². The van der Waals surface area contributed by atoms with Crippen molar-refractivity contribution in [3.63, 3.8) is 0 Å². The third-order valence-electron chi connectivity index (χ3n) is 2.40. The maximum Gasteiger partial charge on any atom is 0.234 e. The summed E-state index contributed by atoms with van der Waals surface area (Å²) in [4.78, 5) is 11.6. The van der Waals surface area contributed by atoms with Crippen LogP contribution in [0.25, 0.3) is 0 Å². The average molecular weight is 288 g/mol. The molecule has 0 radical (unpaired) electrons. The highest BCUT2D eigenvalue weighted by Crippen LogP contribution is 2.12. The second kappa shape index (κ2) is 5.48. The van der Waals surface area contributed by atoms with E-state index < -0.39 is 0 Å². The first kappa shape index (κ1) is 13.2. The Morgan fingerprint density at radius 2 is 2.25 bits per heavy atom. The van der Waals surface area contributed by atoms with E-state index in [4.69, 9.17) is 0 Å². The van der Waals surface area contributed by atoms with Crippen LogP contribution in [0.1, 0.15) is 25.1 Å². The lowest BCUT2D eigenvalue weighted by Crippen LogP contribution is -2.33. The second-order valence-corrected chi connectivity index (χ2v) is 5.26. The molecule has 1 unspecified atom stereocenters. The summed E-state index contributed by atoms with van der Waals surface area (Å²) in [5.74, 6) is 0.313. The summed E-state index contributed by atoms with van der Waals surface area (Å²) in [7, 11) is 1.87. The Bertz CT molecular complexity index is 373. The van der Waals surface area contributed by atoms with E-state index in [9.17, 15) is 4.79 Å². The van der Waals surface area contributed by atoms with Gasteiger partial charge in [0.25, 0.3) is 0 Å². The van der Waals surface area contributed by atoms with Crippen molar-refractivity contribution in [2.75, 3.05) is 0 Å². The van der Waals surface area contributed by atoms with Crippen molar-refractivity contribution in [1.82, 2.24) is 15.1 Å². The molecule has 0 bridgehead atoms. The summed E-state index contributed by atoms with van der Waals surface area (Å²) >= 11 is 3.37. The van der Waals surface area contributed by atoms with Gasteiger partial charge in [0.15, 0.2) is 0 Å². The first-order chi connectivity index (χ1) is 7.41. The number of rotatable bonds is 4. The van der Waals surface area contributed by atoms with E-state index in [0.29, 0.717) is 6.54 Å². The number of nitrogens with zero attached hydrogens (tertiary/aromatic N) is 2. The minimum atomic E-state index is -0.135. The number of amides is 1. The van der Waals surface area contributed by atoms with Gasteiger partial charge < -0.3 is 5.32 Å². The predicted octanol–water partition coefficient (Wildman–Crippen LogP) is 1.76. The van der Waals surface area contributed by atoms with Crippen LogP contribution in [0.15, 0.2) is 6.20 Å². The van der Waals surface area contributed by atoms with Gasteiger partial charge in [0.05, 0.1) is 10.5 Å². The normalized spacial score (nSPS) is 12.9. The standard InChI is InChI=1S/C11H18BrN3O/c1-7(2)10(12)11(16)13-5-9-6-15(4)14-8(9)3/h6-7,10H,5H2,1-4H3,(H,13,16). The van der Waals surface area contributed by atoms with E-state index in [0.717, 1.165) is 11.3 Å². The van der Waals surface area contributed by atoms with Crippen LogP contribution < -0.4 is 5.32 Å². The third kappa shape index (κ3) is 3.33. The number of nitrogens with one attached hydrogen (secondary N) is 1. The number of alkyl halides is 1. The molecule has 0 aliphatic rings.